The smallest absolute Gasteiger partial charge is 0.271 e. The highest BCUT2D eigenvalue weighted by Crippen LogP contribution is 2.21. The van der Waals surface area contributed by atoms with Crippen LogP contribution in [0.5, 0.6) is 0 Å². The highest BCUT2D eigenvalue weighted by atomic mass is 16.6. The van der Waals surface area contributed by atoms with Crippen LogP contribution in [0.25, 0.3) is 11.0 Å². The lowest BCUT2D eigenvalue weighted by Crippen LogP contribution is -2.15. The fourth-order valence-electron chi connectivity index (χ4n) is 2.36. The summed E-state index contributed by atoms with van der Waals surface area (Å²) in [6, 6.07) is 4.99. The minimum Gasteiger partial charge on any atom is -0.353 e. The van der Waals surface area contributed by atoms with Gasteiger partial charge >= 0.3 is 0 Å². The number of nitro benzene ring substituents is 1. The monoisotopic (exact) mass is 290 g/mol. The second kappa shape index (κ2) is 7.06. The molecule has 0 saturated heterocycles. The summed E-state index contributed by atoms with van der Waals surface area (Å²) in [7, 11) is 0. The zero-order valence-corrected chi connectivity index (χ0v) is 12.6. The molecule has 0 fully saturated rings. The Morgan fingerprint density at radius 1 is 1.38 bits per heavy atom. The quantitative estimate of drug-likeness (QED) is 0.432. The number of nitro groups is 1. The van der Waals surface area contributed by atoms with Crippen molar-refractivity contribution in [1.82, 2.24) is 9.97 Å². The SMILES string of the molecule is CCCCCCC(C)Nc1nc2ccc([N+](=O)[O-])cc2[nH]1. The summed E-state index contributed by atoms with van der Waals surface area (Å²) < 4.78 is 0. The minimum atomic E-state index is -0.399. The lowest BCUT2D eigenvalue weighted by Gasteiger charge is -2.12. The van der Waals surface area contributed by atoms with Crippen LogP contribution < -0.4 is 5.32 Å². The molecule has 0 aliphatic rings. The first kappa shape index (κ1) is 15.3. The first-order valence-electron chi connectivity index (χ1n) is 7.51. The van der Waals surface area contributed by atoms with E-state index in [-0.39, 0.29) is 5.69 Å². The Bertz CT molecular complexity index is 609. The molecule has 6 nitrogen and oxygen atoms in total. The molecule has 2 aromatic rings. The number of aromatic nitrogens is 2. The third-order valence-corrected chi connectivity index (χ3v) is 3.55. The lowest BCUT2D eigenvalue weighted by molar-refractivity contribution is -0.384. The number of imidazole rings is 1. The molecule has 1 unspecified atom stereocenters. The van der Waals surface area contributed by atoms with Gasteiger partial charge in [-0.3, -0.25) is 10.1 Å². The number of anilines is 1. The fourth-order valence-corrected chi connectivity index (χ4v) is 2.36. The third kappa shape index (κ3) is 4.18. The number of benzene rings is 1. The molecule has 1 aromatic carbocycles. The van der Waals surface area contributed by atoms with Crippen molar-refractivity contribution in [2.24, 2.45) is 0 Å². The van der Waals surface area contributed by atoms with E-state index < -0.39 is 4.92 Å². The van der Waals surface area contributed by atoms with Gasteiger partial charge in [0.25, 0.3) is 5.69 Å². The lowest BCUT2D eigenvalue weighted by atomic mass is 10.1. The van der Waals surface area contributed by atoms with Crippen LogP contribution in [-0.4, -0.2) is 20.9 Å². The van der Waals surface area contributed by atoms with Gasteiger partial charge in [-0.15, -0.1) is 0 Å². The maximum absolute atomic E-state index is 10.8. The standard InChI is InChI=1S/C15H22N4O2/c1-3-4-5-6-7-11(2)16-15-17-13-9-8-12(19(20)21)10-14(13)18-15/h8-11H,3-7H2,1-2H3,(H2,16,17,18). The van der Waals surface area contributed by atoms with Gasteiger partial charge in [0.05, 0.1) is 16.0 Å². The molecule has 114 valence electrons. The van der Waals surface area contributed by atoms with Gasteiger partial charge in [-0.25, -0.2) is 4.98 Å². The van der Waals surface area contributed by atoms with Gasteiger partial charge < -0.3 is 10.3 Å². The molecule has 0 bridgehead atoms. The van der Waals surface area contributed by atoms with Gasteiger partial charge in [0.1, 0.15) is 0 Å². The maximum atomic E-state index is 10.8. The van der Waals surface area contributed by atoms with Crippen LogP contribution in [0.15, 0.2) is 18.2 Å². The van der Waals surface area contributed by atoms with Crippen LogP contribution in [-0.2, 0) is 0 Å². The van der Waals surface area contributed by atoms with Gasteiger partial charge in [0.15, 0.2) is 0 Å². The minimum absolute atomic E-state index is 0.0744. The average molecular weight is 290 g/mol. The molecule has 0 saturated carbocycles. The number of hydrogen-bond acceptors (Lipinski definition) is 4. The number of non-ortho nitro benzene ring substituents is 1. The molecule has 0 radical (unpaired) electrons. The maximum Gasteiger partial charge on any atom is 0.271 e. The number of nitrogens with zero attached hydrogens (tertiary/aromatic N) is 2. The summed E-state index contributed by atoms with van der Waals surface area (Å²) in [5, 5.41) is 14.1. The number of rotatable bonds is 8. The van der Waals surface area contributed by atoms with Crippen molar-refractivity contribution in [3.63, 3.8) is 0 Å². The Balaban J connectivity index is 1.97. The normalized spacial score (nSPS) is 12.5. The predicted molar refractivity (Wildman–Crippen MR) is 84.6 cm³/mol. The molecular weight excluding hydrogens is 268 g/mol. The topological polar surface area (TPSA) is 83.8 Å². The van der Waals surface area contributed by atoms with Crippen LogP contribution in [0.1, 0.15) is 46.0 Å². The van der Waals surface area contributed by atoms with Crippen molar-refractivity contribution in [1.29, 1.82) is 0 Å². The van der Waals surface area contributed by atoms with E-state index >= 15 is 0 Å². The molecule has 2 N–H and O–H groups in total. The van der Waals surface area contributed by atoms with E-state index in [1.807, 2.05) is 0 Å². The zero-order chi connectivity index (χ0) is 15.2. The number of aromatic amines is 1. The van der Waals surface area contributed by atoms with Gasteiger partial charge in [-0.1, -0.05) is 32.6 Å². The Morgan fingerprint density at radius 3 is 2.90 bits per heavy atom. The van der Waals surface area contributed by atoms with E-state index in [1.54, 1.807) is 6.07 Å². The number of nitrogens with one attached hydrogen (secondary N) is 2. The van der Waals surface area contributed by atoms with E-state index in [0.29, 0.717) is 17.5 Å². The summed E-state index contributed by atoms with van der Waals surface area (Å²) >= 11 is 0. The van der Waals surface area contributed by atoms with E-state index in [9.17, 15) is 10.1 Å². The zero-order valence-electron chi connectivity index (χ0n) is 12.6. The predicted octanol–water partition coefficient (Wildman–Crippen LogP) is 4.24. The van der Waals surface area contributed by atoms with E-state index in [2.05, 4.69) is 29.1 Å². The average Bonchev–Trinajstić information content (AvgIpc) is 2.84. The highest BCUT2D eigenvalue weighted by Gasteiger charge is 2.10. The van der Waals surface area contributed by atoms with Crippen LogP contribution in [0, 0.1) is 10.1 Å². The molecule has 0 spiro atoms. The van der Waals surface area contributed by atoms with Crippen LogP contribution in [0.4, 0.5) is 11.6 Å². The van der Waals surface area contributed by atoms with E-state index in [1.165, 1.54) is 37.8 Å². The molecule has 1 heterocycles. The van der Waals surface area contributed by atoms with Crippen molar-refractivity contribution < 1.29 is 4.92 Å². The molecular formula is C15H22N4O2. The second-order valence-electron chi connectivity index (χ2n) is 5.44. The molecule has 0 aliphatic heterocycles. The summed E-state index contributed by atoms with van der Waals surface area (Å²) in [4.78, 5) is 17.9. The Hall–Kier alpha value is -2.11. The summed E-state index contributed by atoms with van der Waals surface area (Å²) in [5.74, 6) is 0.675. The molecule has 0 aliphatic carbocycles. The van der Waals surface area contributed by atoms with Crippen LogP contribution in [0.3, 0.4) is 0 Å². The van der Waals surface area contributed by atoms with Crippen molar-refractivity contribution in [2.75, 3.05) is 5.32 Å². The van der Waals surface area contributed by atoms with Gasteiger partial charge in [-0.05, 0) is 19.4 Å². The van der Waals surface area contributed by atoms with Gasteiger partial charge in [-0.2, -0.15) is 0 Å². The van der Waals surface area contributed by atoms with E-state index in [4.69, 9.17) is 0 Å². The number of hydrogen-bond donors (Lipinski definition) is 2. The largest absolute Gasteiger partial charge is 0.353 e. The molecule has 0 amide bonds. The van der Waals surface area contributed by atoms with Crippen LogP contribution >= 0.6 is 0 Å². The Morgan fingerprint density at radius 2 is 2.19 bits per heavy atom. The first-order chi connectivity index (χ1) is 10.1. The van der Waals surface area contributed by atoms with Crippen LogP contribution in [0.2, 0.25) is 0 Å². The van der Waals surface area contributed by atoms with Gasteiger partial charge in [0, 0.05) is 18.2 Å². The number of fused-ring (bicyclic) bond motifs is 1. The fraction of sp³-hybridized carbons (Fsp3) is 0.533. The van der Waals surface area contributed by atoms with Crippen molar-refractivity contribution in [3.05, 3.63) is 28.3 Å². The van der Waals surface area contributed by atoms with Crippen molar-refractivity contribution >= 4 is 22.7 Å². The molecule has 1 atom stereocenters. The second-order valence-corrected chi connectivity index (χ2v) is 5.44. The van der Waals surface area contributed by atoms with Crippen molar-refractivity contribution in [2.45, 2.75) is 52.0 Å². The summed E-state index contributed by atoms with van der Waals surface area (Å²) in [6.07, 6.45) is 6.07. The number of unbranched alkanes of at least 4 members (excludes halogenated alkanes) is 3. The van der Waals surface area contributed by atoms with E-state index in [0.717, 1.165) is 11.9 Å². The molecule has 21 heavy (non-hydrogen) atoms. The molecule has 1 aromatic heterocycles. The Kier molecular flexibility index (Phi) is 5.14. The first-order valence-corrected chi connectivity index (χ1v) is 7.51. The Labute approximate surface area is 124 Å². The number of H-pyrrole nitrogens is 1. The van der Waals surface area contributed by atoms with Gasteiger partial charge in [0.2, 0.25) is 5.95 Å². The summed E-state index contributed by atoms with van der Waals surface area (Å²) in [5.41, 5.74) is 1.50. The molecule has 2 rings (SSSR count). The third-order valence-electron chi connectivity index (χ3n) is 3.55. The highest BCUT2D eigenvalue weighted by molar-refractivity contribution is 5.79. The summed E-state index contributed by atoms with van der Waals surface area (Å²) in [6.45, 7) is 4.33. The molecule has 6 heteroatoms. The van der Waals surface area contributed by atoms with Crippen molar-refractivity contribution in [3.8, 4) is 0 Å².